The molecule has 0 bridgehead atoms. The summed E-state index contributed by atoms with van der Waals surface area (Å²) in [5, 5.41) is 14.3. The zero-order valence-corrected chi connectivity index (χ0v) is 11.3. The number of benzene rings is 1. The lowest BCUT2D eigenvalue weighted by molar-refractivity contribution is 0.0692. The number of rotatable bonds is 3. The summed E-state index contributed by atoms with van der Waals surface area (Å²) in [6.07, 6.45) is 4.97. The van der Waals surface area contributed by atoms with E-state index in [-0.39, 0.29) is 16.4 Å². The highest BCUT2D eigenvalue weighted by Gasteiger charge is 2.27. The summed E-state index contributed by atoms with van der Waals surface area (Å²) in [7, 11) is -4.04. The molecular weight excluding hydrogens is 266 g/mol. The minimum atomic E-state index is -4.04. The molecular formula is C13H17NO4S. The summed E-state index contributed by atoms with van der Waals surface area (Å²) >= 11 is 0. The smallest absolute Gasteiger partial charge is 0.337 e. The quantitative estimate of drug-likeness (QED) is 0.887. The number of hydrogen-bond acceptors (Lipinski definition) is 3. The van der Waals surface area contributed by atoms with Crippen LogP contribution in [0.3, 0.4) is 0 Å². The Labute approximate surface area is 112 Å². The molecule has 19 heavy (non-hydrogen) atoms. The Kier molecular flexibility index (Phi) is 3.91. The molecule has 1 aromatic carbocycles. The predicted molar refractivity (Wildman–Crippen MR) is 70.6 cm³/mol. The Balaban J connectivity index is 2.60. The topological polar surface area (TPSA) is 97.5 Å². The van der Waals surface area contributed by atoms with Crippen LogP contribution in [0, 0.1) is 0 Å². The first-order valence-corrected chi connectivity index (χ1v) is 7.85. The number of hydrogen-bond donors (Lipinski definition) is 2. The van der Waals surface area contributed by atoms with Gasteiger partial charge in [-0.2, -0.15) is 0 Å². The lowest BCUT2D eigenvalue weighted by Gasteiger charge is -2.24. The molecule has 5 nitrogen and oxygen atoms in total. The Bertz CT molecular complexity index is 589. The minimum absolute atomic E-state index is 0.0846. The molecule has 1 aromatic rings. The van der Waals surface area contributed by atoms with E-state index < -0.39 is 16.0 Å². The zero-order chi connectivity index (χ0) is 14.0. The lowest BCUT2D eigenvalue weighted by atomic mass is 9.83. The van der Waals surface area contributed by atoms with Crippen molar-refractivity contribution < 1.29 is 18.3 Å². The van der Waals surface area contributed by atoms with E-state index in [1.54, 1.807) is 12.1 Å². The highest BCUT2D eigenvalue weighted by Crippen LogP contribution is 2.36. The molecule has 0 aliphatic heterocycles. The van der Waals surface area contributed by atoms with Crippen molar-refractivity contribution in [3.63, 3.8) is 0 Å². The molecule has 3 N–H and O–H groups in total. The largest absolute Gasteiger partial charge is 0.478 e. The number of primary sulfonamides is 1. The first kappa shape index (κ1) is 14.0. The van der Waals surface area contributed by atoms with Crippen molar-refractivity contribution in [2.24, 2.45) is 5.14 Å². The molecule has 1 aliphatic rings. The fourth-order valence-electron chi connectivity index (χ4n) is 2.78. The van der Waals surface area contributed by atoms with E-state index in [0.717, 1.165) is 32.1 Å². The summed E-state index contributed by atoms with van der Waals surface area (Å²) in [5.74, 6) is -1.18. The molecule has 0 spiro atoms. The monoisotopic (exact) mass is 283 g/mol. The third-order valence-corrected chi connectivity index (χ3v) is 4.63. The Hall–Kier alpha value is -1.40. The van der Waals surface area contributed by atoms with Gasteiger partial charge in [-0.05, 0) is 30.4 Å². The number of carboxylic acid groups (broad SMARTS) is 1. The van der Waals surface area contributed by atoms with Crippen molar-refractivity contribution in [1.82, 2.24) is 0 Å². The highest BCUT2D eigenvalue weighted by molar-refractivity contribution is 7.89. The van der Waals surface area contributed by atoms with Gasteiger partial charge in [0.15, 0.2) is 0 Å². The molecule has 1 saturated carbocycles. The molecule has 0 amide bonds. The van der Waals surface area contributed by atoms with Gasteiger partial charge in [-0.15, -0.1) is 0 Å². The molecule has 1 fully saturated rings. The molecule has 0 unspecified atom stereocenters. The SMILES string of the molecule is NS(=O)(=O)c1c(C(=O)O)cccc1C1CCCCC1. The maximum absolute atomic E-state index is 11.7. The molecule has 6 heteroatoms. The second-order valence-corrected chi connectivity index (χ2v) is 6.41. The zero-order valence-electron chi connectivity index (χ0n) is 10.5. The number of nitrogens with two attached hydrogens (primary N) is 1. The van der Waals surface area contributed by atoms with Crippen molar-refractivity contribution in [2.45, 2.75) is 42.9 Å². The van der Waals surface area contributed by atoms with Gasteiger partial charge in [0, 0.05) is 0 Å². The first-order valence-electron chi connectivity index (χ1n) is 6.30. The van der Waals surface area contributed by atoms with E-state index in [4.69, 9.17) is 10.2 Å². The summed E-state index contributed by atoms with van der Waals surface area (Å²) < 4.78 is 23.5. The van der Waals surface area contributed by atoms with Gasteiger partial charge in [-0.1, -0.05) is 31.4 Å². The Morgan fingerprint density at radius 3 is 2.37 bits per heavy atom. The van der Waals surface area contributed by atoms with Crippen molar-refractivity contribution in [1.29, 1.82) is 0 Å². The summed E-state index contributed by atoms with van der Waals surface area (Å²) in [6.45, 7) is 0. The highest BCUT2D eigenvalue weighted by atomic mass is 32.2. The third-order valence-electron chi connectivity index (χ3n) is 3.61. The van der Waals surface area contributed by atoms with Gasteiger partial charge in [0.25, 0.3) is 0 Å². The van der Waals surface area contributed by atoms with Gasteiger partial charge in [0.05, 0.1) is 10.5 Å². The average Bonchev–Trinajstić information content (AvgIpc) is 2.38. The van der Waals surface area contributed by atoms with Crippen molar-refractivity contribution in [3.05, 3.63) is 29.3 Å². The third kappa shape index (κ3) is 2.96. The van der Waals surface area contributed by atoms with Crippen LogP contribution in [0.4, 0.5) is 0 Å². The van der Waals surface area contributed by atoms with Crippen LogP contribution in [-0.4, -0.2) is 19.5 Å². The van der Waals surface area contributed by atoms with Gasteiger partial charge < -0.3 is 5.11 Å². The summed E-state index contributed by atoms with van der Waals surface area (Å²) in [6, 6.07) is 4.55. The summed E-state index contributed by atoms with van der Waals surface area (Å²) in [5.41, 5.74) is 0.327. The number of sulfonamides is 1. The van der Waals surface area contributed by atoms with Crippen LogP contribution in [0.15, 0.2) is 23.1 Å². The van der Waals surface area contributed by atoms with Gasteiger partial charge >= 0.3 is 5.97 Å². The molecule has 0 radical (unpaired) electrons. The van der Waals surface area contributed by atoms with E-state index in [0.29, 0.717) is 5.56 Å². The molecule has 1 aliphatic carbocycles. The van der Waals surface area contributed by atoms with E-state index in [9.17, 15) is 13.2 Å². The Morgan fingerprint density at radius 2 is 1.84 bits per heavy atom. The van der Waals surface area contributed by atoms with Crippen LogP contribution in [0.25, 0.3) is 0 Å². The van der Waals surface area contributed by atoms with Crippen molar-refractivity contribution in [2.75, 3.05) is 0 Å². The van der Waals surface area contributed by atoms with Crippen LogP contribution in [0.1, 0.15) is 53.9 Å². The second-order valence-electron chi connectivity index (χ2n) is 4.91. The van der Waals surface area contributed by atoms with Gasteiger partial charge in [0.2, 0.25) is 10.0 Å². The second kappa shape index (κ2) is 5.30. The van der Waals surface area contributed by atoms with Crippen molar-refractivity contribution >= 4 is 16.0 Å². The fourth-order valence-corrected chi connectivity index (χ4v) is 3.80. The maximum Gasteiger partial charge on any atom is 0.337 e. The number of carboxylic acids is 1. The van der Waals surface area contributed by atoms with Crippen LogP contribution < -0.4 is 5.14 Å². The van der Waals surface area contributed by atoms with E-state index in [1.165, 1.54) is 6.07 Å². The molecule has 2 rings (SSSR count). The van der Waals surface area contributed by atoms with Crippen molar-refractivity contribution in [3.8, 4) is 0 Å². The fraction of sp³-hybridized carbons (Fsp3) is 0.462. The normalized spacial score (nSPS) is 17.3. The maximum atomic E-state index is 11.7. The average molecular weight is 283 g/mol. The van der Waals surface area contributed by atoms with E-state index >= 15 is 0 Å². The predicted octanol–water partition coefficient (Wildman–Crippen LogP) is 2.08. The van der Waals surface area contributed by atoms with Gasteiger partial charge in [-0.25, -0.2) is 18.4 Å². The van der Waals surface area contributed by atoms with E-state index in [2.05, 4.69) is 0 Å². The molecule has 0 aromatic heterocycles. The first-order chi connectivity index (χ1) is 8.91. The van der Waals surface area contributed by atoms with Crippen LogP contribution in [-0.2, 0) is 10.0 Å². The van der Waals surface area contributed by atoms with Gasteiger partial charge in [0.1, 0.15) is 0 Å². The molecule has 0 atom stereocenters. The standard InChI is InChI=1S/C13H17NO4S/c14-19(17,18)12-10(9-5-2-1-3-6-9)7-4-8-11(12)13(15)16/h4,7-9H,1-3,5-6H2,(H,15,16)(H2,14,17,18). The number of aromatic carboxylic acids is 1. The molecule has 0 saturated heterocycles. The lowest BCUT2D eigenvalue weighted by Crippen LogP contribution is -2.21. The minimum Gasteiger partial charge on any atom is -0.478 e. The van der Waals surface area contributed by atoms with E-state index in [1.807, 2.05) is 0 Å². The number of carbonyl (C=O) groups is 1. The molecule has 104 valence electrons. The summed E-state index contributed by atoms with van der Waals surface area (Å²) in [4.78, 5) is 11.0. The molecule has 0 heterocycles. The van der Waals surface area contributed by atoms with Crippen LogP contribution >= 0.6 is 0 Å². The Morgan fingerprint density at radius 1 is 1.21 bits per heavy atom. The van der Waals surface area contributed by atoms with Gasteiger partial charge in [-0.3, -0.25) is 0 Å². The van der Waals surface area contributed by atoms with Crippen LogP contribution in [0.5, 0.6) is 0 Å². The van der Waals surface area contributed by atoms with Crippen LogP contribution in [0.2, 0.25) is 0 Å².